The molecule has 0 fully saturated rings. The van der Waals surface area contributed by atoms with Gasteiger partial charge in [0, 0.05) is 65.5 Å². The minimum Gasteiger partial charge on any atom is -0.309 e. The molecule has 3 heterocycles. The van der Waals surface area contributed by atoms with Gasteiger partial charge in [0.2, 0.25) is 0 Å². The van der Waals surface area contributed by atoms with Gasteiger partial charge in [-0.3, -0.25) is 0 Å². The van der Waals surface area contributed by atoms with Crippen molar-refractivity contribution in [2.24, 2.45) is 0 Å². The molecule has 0 saturated carbocycles. The second-order valence-electron chi connectivity index (χ2n) is 19.7. The number of benzene rings is 9. The number of hydrogen-bond donors (Lipinski definition) is 0. The highest BCUT2D eigenvalue weighted by atomic mass is 127. The molecule has 0 N–H and O–H groups in total. The third kappa shape index (κ3) is 11.5. The maximum atomic E-state index is 5.55. The summed E-state index contributed by atoms with van der Waals surface area (Å²) in [6.45, 7) is 13.3. The number of para-hydroxylation sites is 6. The zero-order valence-corrected chi connectivity index (χ0v) is 45.8. The Bertz CT molecular complexity index is 4040. The number of terminal acetylenes is 2. The van der Waals surface area contributed by atoms with Gasteiger partial charge in [-0.05, 0) is 132 Å². The van der Waals surface area contributed by atoms with Gasteiger partial charge in [0.05, 0.1) is 33.1 Å². The number of nitrogens with zero attached hydrogens (tertiary/aromatic N) is 3. The molecule has 73 heavy (non-hydrogen) atoms. The molecule has 12 rings (SSSR count). The first-order valence-electron chi connectivity index (χ1n) is 24.2. The molecule has 0 aliphatic heterocycles. The van der Waals surface area contributed by atoms with Gasteiger partial charge < -0.3 is 13.7 Å². The standard InChI is InChI=1S/C23H21NSi.C20H13N.C18H12IN.C5H10Si.CH4.H2/c1-25(2,3)16-15-18-13-14-23-21(17-18)20-11-7-8-12-22(20)24(23)19-9-5-4-6-10-19;1-2-15-12-13-20-18(14-15)17-10-6-7-11-19(17)21(20)16-8-4-3-5-9-16;19-13-10-11-18-16(12-13)15-8-4-5-9-17(15)20(18)14-6-2-1-3-7-14;1-5-6(2,3)4;;/h4-14,17H,1-3H3;1,3-14H;1-12H;1H,2-4H3;1H4;1H/i;;;;;1+1. The van der Waals surface area contributed by atoms with E-state index in [1.165, 1.54) is 80.4 Å². The highest BCUT2D eigenvalue weighted by Crippen LogP contribution is 2.35. The lowest BCUT2D eigenvalue weighted by molar-refractivity contribution is 1.18. The molecule has 0 unspecified atom stereocenters. The Labute approximate surface area is 448 Å². The molecule has 0 aliphatic carbocycles. The third-order valence-electron chi connectivity index (χ3n) is 12.2. The molecule has 0 bridgehead atoms. The van der Waals surface area contributed by atoms with Crippen LogP contribution in [0.2, 0.25) is 39.3 Å². The van der Waals surface area contributed by atoms with Crippen molar-refractivity contribution in [2.45, 2.75) is 46.7 Å². The van der Waals surface area contributed by atoms with Crippen LogP contribution < -0.4 is 0 Å². The Kier molecular flexibility index (Phi) is 15.8. The van der Waals surface area contributed by atoms with Crippen LogP contribution in [0.4, 0.5) is 0 Å². The molecular formula is C67H62IN3Si2. The van der Waals surface area contributed by atoms with E-state index in [0.29, 0.717) is 0 Å². The minimum atomic E-state index is -1.37. The summed E-state index contributed by atoms with van der Waals surface area (Å²) >= 11 is 2.38. The molecule has 0 aliphatic rings. The fourth-order valence-electron chi connectivity index (χ4n) is 8.88. The van der Waals surface area contributed by atoms with E-state index in [1.54, 1.807) is 0 Å². The largest absolute Gasteiger partial charge is 0.309 e. The topological polar surface area (TPSA) is 14.8 Å². The van der Waals surface area contributed by atoms with E-state index in [9.17, 15) is 0 Å². The highest BCUT2D eigenvalue weighted by molar-refractivity contribution is 14.1. The molecule has 3 aromatic heterocycles. The smallest absolute Gasteiger partial charge is 0.129 e. The Balaban J connectivity index is 0.000000152. The Morgan fingerprint density at radius 2 is 0.685 bits per heavy atom. The number of aromatic nitrogens is 3. The average molecular weight is 1090 g/mol. The van der Waals surface area contributed by atoms with Crippen LogP contribution in [-0.2, 0) is 0 Å². The van der Waals surface area contributed by atoms with E-state index >= 15 is 0 Å². The van der Waals surface area contributed by atoms with Crippen molar-refractivity contribution in [3.8, 4) is 52.8 Å². The van der Waals surface area contributed by atoms with Crippen molar-refractivity contribution < 1.29 is 1.43 Å². The maximum absolute atomic E-state index is 5.55. The summed E-state index contributed by atoms with van der Waals surface area (Å²) in [5.74, 6) is 6.12. The van der Waals surface area contributed by atoms with Crippen LogP contribution in [0.1, 0.15) is 20.0 Å². The summed E-state index contributed by atoms with van der Waals surface area (Å²) in [6.07, 6.45) is 10.7. The van der Waals surface area contributed by atoms with E-state index < -0.39 is 16.1 Å². The molecule has 3 nitrogen and oxygen atoms in total. The lowest BCUT2D eigenvalue weighted by Crippen LogP contribution is -2.16. The van der Waals surface area contributed by atoms with Crippen molar-refractivity contribution in [1.29, 1.82) is 0 Å². The number of hydrogen-bond acceptors (Lipinski definition) is 0. The highest BCUT2D eigenvalue weighted by Gasteiger charge is 2.15. The van der Waals surface area contributed by atoms with E-state index in [4.69, 9.17) is 12.8 Å². The summed E-state index contributed by atoms with van der Waals surface area (Å²) in [6, 6.07) is 76.6. The Hall–Kier alpha value is -7.78. The lowest BCUT2D eigenvalue weighted by Gasteiger charge is -2.07. The first kappa shape index (κ1) is 51.6. The molecule has 0 radical (unpaired) electrons. The molecule has 0 atom stereocenters. The van der Waals surface area contributed by atoms with Crippen LogP contribution in [0.5, 0.6) is 0 Å². The lowest BCUT2D eigenvalue weighted by atomic mass is 10.1. The van der Waals surface area contributed by atoms with E-state index in [2.05, 4.69) is 305 Å². The molecule has 9 aromatic carbocycles. The Morgan fingerprint density at radius 3 is 1.05 bits per heavy atom. The molecule has 360 valence electrons. The van der Waals surface area contributed by atoms with Crippen molar-refractivity contribution in [3.63, 3.8) is 0 Å². The van der Waals surface area contributed by atoms with Gasteiger partial charge in [-0.1, -0.05) is 168 Å². The van der Waals surface area contributed by atoms with Crippen LogP contribution in [0.3, 0.4) is 0 Å². The second-order valence-corrected chi connectivity index (χ2v) is 30.5. The van der Waals surface area contributed by atoms with Crippen LogP contribution >= 0.6 is 22.6 Å². The molecular weight excluding hydrogens is 1030 g/mol. The quantitative estimate of drug-likeness (QED) is 0.0952. The van der Waals surface area contributed by atoms with E-state index in [0.717, 1.165) is 16.8 Å². The SMILES string of the molecule is C.C#C[Si](C)(C)C.C#Cc1ccc2c(c1)c1ccccc1n2-c1ccccc1.C[Si](C)(C)C#Cc1ccc2c(c1)c1ccccc1n2-c1ccccc1.Ic1ccc2c(c1)c1ccccc1n2-c1ccccc1.[2HH]. The summed E-state index contributed by atoms with van der Waals surface area (Å²) in [4.78, 5) is 0. The predicted molar refractivity (Wildman–Crippen MR) is 334 cm³/mol. The fourth-order valence-corrected chi connectivity index (χ4v) is 9.89. The second kappa shape index (κ2) is 22.3. The van der Waals surface area contributed by atoms with Crippen LogP contribution in [0.15, 0.2) is 218 Å². The molecule has 12 aromatic rings. The molecule has 0 amide bonds. The first-order chi connectivity index (χ1) is 34.8. The zero-order chi connectivity index (χ0) is 50.4. The first-order valence-corrected chi connectivity index (χ1v) is 32.3. The normalized spacial score (nSPS) is 11.0. The monoisotopic (exact) mass is 1090 g/mol. The van der Waals surface area contributed by atoms with Gasteiger partial charge in [-0.2, -0.15) is 0 Å². The van der Waals surface area contributed by atoms with Crippen molar-refractivity contribution >= 4 is 104 Å². The predicted octanol–water partition coefficient (Wildman–Crippen LogP) is 18.5. The summed E-state index contributed by atoms with van der Waals surface area (Å²) in [5, 5.41) is 7.60. The van der Waals surface area contributed by atoms with E-state index in [1.807, 2.05) is 12.1 Å². The zero-order valence-electron chi connectivity index (χ0n) is 41.7. The third-order valence-corrected chi connectivity index (χ3v) is 14.6. The van der Waals surface area contributed by atoms with Gasteiger partial charge in [0.1, 0.15) is 16.1 Å². The number of halogens is 1. The molecule has 0 saturated heterocycles. The summed E-state index contributed by atoms with van der Waals surface area (Å²) in [7, 11) is -2.48. The molecule has 6 heteroatoms. The van der Waals surface area contributed by atoms with Crippen LogP contribution in [0, 0.1) is 39.3 Å². The number of fused-ring (bicyclic) bond motifs is 9. The summed E-state index contributed by atoms with van der Waals surface area (Å²) < 4.78 is 8.22. The van der Waals surface area contributed by atoms with Crippen molar-refractivity contribution in [1.82, 2.24) is 13.7 Å². The maximum Gasteiger partial charge on any atom is 0.129 e. The summed E-state index contributed by atoms with van der Waals surface area (Å²) in [5.41, 5.74) is 19.2. The fraction of sp³-hybridized carbons (Fsp3) is 0.104. The van der Waals surface area contributed by atoms with E-state index in [-0.39, 0.29) is 8.85 Å². The average Bonchev–Trinajstić information content (AvgIpc) is 4.04. The van der Waals surface area contributed by atoms with Crippen LogP contribution in [0.25, 0.3) is 82.5 Å². The van der Waals surface area contributed by atoms with Crippen molar-refractivity contribution in [2.75, 3.05) is 0 Å². The Morgan fingerprint density at radius 1 is 0.370 bits per heavy atom. The minimum absolute atomic E-state index is 0. The van der Waals surface area contributed by atoms with Gasteiger partial charge in [-0.15, -0.1) is 23.9 Å². The van der Waals surface area contributed by atoms with Gasteiger partial charge in [0.25, 0.3) is 0 Å². The molecule has 0 spiro atoms. The van der Waals surface area contributed by atoms with Crippen LogP contribution in [-0.4, -0.2) is 29.8 Å². The van der Waals surface area contributed by atoms with Gasteiger partial charge in [0.15, 0.2) is 0 Å². The van der Waals surface area contributed by atoms with Gasteiger partial charge >= 0.3 is 0 Å². The number of rotatable bonds is 3. The van der Waals surface area contributed by atoms with Crippen molar-refractivity contribution in [3.05, 3.63) is 233 Å². The van der Waals surface area contributed by atoms with Gasteiger partial charge in [-0.25, -0.2) is 0 Å².